The molecular weight excluding hydrogens is 464 g/mol. The fraction of sp³-hybridized carbons (Fsp3) is 0.474. The van der Waals surface area contributed by atoms with Gasteiger partial charge < -0.3 is 15.1 Å². The second kappa shape index (κ2) is 6.77. The highest BCUT2D eigenvalue weighted by molar-refractivity contribution is 9.11. The number of rotatable bonds is 2. The smallest absolute Gasteiger partial charge is 0.349 e. The van der Waals surface area contributed by atoms with Gasteiger partial charge >= 0.3 is 5.63 Å². The summed E-state index contributed by atoms with van der Waals surface area (Å²) in [5.74, 6) is -0.393. The van der Waals surface area contributed by atoms with Crippen molar-refractivity contribution in [2.75, 3.05) is 0 Å². The normalized spacial score (nSPS) is 19.5. The Hall–Kier alpha value is -1.18. The molecule has 1 fully saturated rings. The molecule has 1 saturated heterocycles. The van der Waals surface area contributed by atoms with Crippen LogP contribution in [-0.2, 0) is 0 Å². The summed E-state index contributed by atoms with van der Waals surface area (Å²) in [4.78, 5) is 25.1. The molecule has 26 heavy (non-hydrogen) atoms. The van der Waals surface area contributed by atoms with Crippen LogP contribution < -0.4 is 16.3 Å². The number of hydrogen-bond donors (Lipinski definition) is 2. The number of fused-ring (bicyclic) bond motifs is 1. The highest BCUT2D eigenvalue weighted by Crippen LogP contribution is 2.30. The van der Waals surface area contributed by atoms with Crippen LogP contribution in [0, 0.1) is 0 Å². The molecule has 1 aromatic heterocycles. The quantitative estimate of drug-likeness (QED) is 0.620. The molecule has 5 nitrogen and oxygen atoms in total. The van der Waals surface area contributed by atoms with E-state index in [1.54, 1.807) is 12.1 Å². The SMILES string of the molecule is CC1(C)CC(NC(=O)c2cc3cc(Br)cc(Br)c3oc2=O)CC(C)(C)N1. The first kappa shape index (κ1) is 19.6. The first-order valence-electron chi connectivity index (χ1n) is 8.49. The lowest BCUT2D eigenvalue weighted by Gasteiger charge is -2.46. The van der Waals surface area contributed by atoms with Crippen molar-refractivity contribution in [1.29, 1.82) is 0 Å². The zero-order valence-electron chi connectivity index (χ0n) is 15.2. The van der Waals surface area contributed by atoms with E-state index in [0.29, 0.717) is 15.4 Å². The molecule has 0 atom stereocenters. The lowest BCUT2D eigenvalue weighted by atomic mass is 9.79. The van der Waals surface area contributed by atoms with E-state index >= 15 is 0 Å². The number of amides is 1. The van der Waals surface area contributed by atoms with Gasteiger partial charge in [-0.25, -0.2) is 4.79 Å². The van der Waals surface area contributed by atoms with Gasteiger partial charge in [0.05, 0.1) is 4.47 Å². The van der Waals surface area contributed by atoms with Gasteiger partial charge in [0.2, 0.25) is 0 Å². The molecule has 1 aliphatic rings. The van der Waals surface area contributed by atoms with E-state index in [-0.39, 0.29) is 22.7 Å². The molecule has 1 amide bonds. The van der Waals surface area contributed by atoms with Gasteiger partial charge in [0.25, 0.3) is 5.91 Å². The van der Waals surface area contributed by atoms with Gasteiger partial charge in [-0.3, -0.25) is 4.79 Å². The van der Waals surface area contributed by atoms with Gasteiger partial charge in [0.15, 0.2) is 5.58 Å². The Morgan fingerprint density at radius 3 is 2.38 bits per heavy atom. The number of benzene rings is 1. The van der Waals surface area contributed by atoms with Crippen LogP contribution in [0.4, 0.5) is 0 Å². The zero-order valence-corrected chi connectivity index (χ0v) is 18.4. The molecule has 2 N–H and O–H groups in total. The third-order valence-electron chi connectivity index (χ3n) is 4.52. The van der Waals surface area contributed by atoms with Crippen LogP contribution in [0.2, 0.25) is 0 Å². The van der Waals surface area contributed by atoms with Gasteiger partial charge in [-0.2, -0.15) is 0 Å². The standard InChI is InChI=1S/C19H22Br2N2O3/c1-18(2)8-12(9-19(3,4)23-18)22-16(24)13-6-10-5-11(20)7-14(21)15(10)26-17(13)25/h5-7,12,23H,8-9H2,1-4H3,(H,22,24). The molecule has 0 bridgehead atoms. The van der Waals surface area contributed by atoms with Crippen LogP contribution in [0.1, 0.15) is 50.9 Å². The van der Waals surface area contributed by atoms with Crippen LogP contribution in [0.15, 0.2) is 36.4 Å². The molecule has 140 valence electrons. The molecule has 7 heteroatoms. The monoisotopic (exact) mass is 484 g/mol. The number of carbonyl (C=O) groups is 1. The average Bonchev–Trinajstić information content (AvgIpc) is 2.44. The fourth-order valence-electron chi connectivity index (χ4n) is 4.00. The van der Waals surface area contributed by atoms with E-state index in [4.69, 9.17) is 4.42 Å². The van der Waals surface area contributed by atoms with Crippen molar-refractivity contribution >= 4 is 48.7 Å². The van der Waals surface area contributed by atoms with Crippen molar-refractivity contribution < 1.29 is 9.21 Å². The Kier molecular flexibility index (Phi) is 5.09. The number of halogens is 2. The lowest BCUT2D eigenvalue weighted by Crippen LogP contribution is -2.62. The minimum atomic E-state index is -0.634. The van der Waals surface area contributed by atoms with E-state index in [1.807, 2.05) is 6.07 Å². The first-order chi connectivity index (χ1) is 12.0. The van der Waals surface area contributed by atoms with Crippen LogP contribution in [0.25, 0.3) is 11.0 Å². The topological polar surface area (TPSA) is 71.3 Å². The fourth-order valence-corrected chi connectivity index (χ4v) is 5.34. The van der Waals surface area contributed by atoms with Crippen LogP contribution in [-0.4, -0.2) is 23.0 Å². The minimum absolute atomic E-state index is 0.0157. The van der Waals surface area contributed by atoms with Crippen molar-refractivity contribution in [2.24, 2.45) is 0 Å². The molecule has 1 aliphatic heterocycles. The maximum Gasteiger partial charge on any atom is 0.349 e. The number of carbonyl (C=O) groups excluding carboxylic acids is 1. The average molecular weight is 486 g/mol. The van der Waals surface area contributed by atoms with Crippen LogP contribution >= 0.6 is 31.9 Å². The summed E-state index contributed by atoms with van der Waals surface area (Å²) in [5.41, 5.74) is -0.367. The Balaban J connectivity index is 1.90. The minimum Gasteiger partial charge on any atom is -0.421 e. The summed E-state index contributed by atoms with van der Waals surface area (Å²) in [6.07, 6.45) is 1.58. The molecule has 0 radical (unpaired) electrons. The molecule has 0 aliphatic carbocycles. The van der Waals surface area contributed by atoms with Crippen molar-refractivity contribution in [3.63, 3.8) is 0 Å². The molecule has 2 aromatic rings. The third kappa shape index (κ3) is 4.21. The molecule has 3 rings (SSSR count). The Bertz CT molecular complexity index is 918. The second-order valence-electron chi connectivity index (χ2n) is 8.22. The zero-order chi connectivity index (χ0) is 19.3. The van der Waals surface area contributed by atoms with E-state index < -0.39 is 11.5 Å². The van der Waals surface area contributed by atoms with Gasteiger partial charge in [0.1, 0.15) is 5.56 Å². The molecular formula is C19H22Br2N2O3. The Morgan fingerprint density at radius 2 is 1.77 bits per heavy atom. The van der Waals surface area contributed by atoms with Gasteiger partial charge in [-0.05, 0) is 74.7 Å². The number of hydrogen-bond acceptors (Lipinski definition) is 4. The predicted octanol–water partition coefficient (Wildman–Crippen LogP) is 4.36. The first-order valence-corrected chi connectivity index (χ1v) is 10.1. The summed E-state index contributed by atoms with van der Waals surface area (Å²) in [5, 5.41) is 7.28. The maximum atomic E-state index is 12.8. The Morgan fingerprint density at radius 1 is 1.15 bits per heavy atom. The molecule has 0 spiro atoms. The summed E-state index contributed by atoms with van der Waals surface area (Å²) >= 11 is 6.79. The van der Waals surface area contributed by atoms with Gasteiger partial charge in [0, 0.05) is 27.0 Å². The molecule has 0 saturated carbocycles. The van der Waals surface area contributed by atoms with Crippen molar-refractivity contribution in [2.45, 2.75) is 57.7 Å². The van der Waals surface area contributed by atoms with Crippen LogP contribution in [0.5, 0.6) is 0 Å². The van der Waals surface area contributed by atoms with Gasteiger partial charge in [-0.1, -0.05) is 15.9 Å². The second-order valence-corrected chi connectivity index (χ2v) is 9.99. The van der Waals surface area contributed by atoms with Crippen LogP contribution in [0.3, 0.4) is 0 Å². The van der Waals surface area contributed by atoms with Gasteiger partial charge in [-0.15, -0.1) is 0 Å². The lowest BCUT2D eigenvalue weighted by molar-refractivity contribution is 0.0870. The van der Waals surface area contributed by atoms with Crippen molar-refractivity contribution in [3.8, 4) is 0 Å². The summed E-state index contributed by atoms with van der Waals surface area (Å²) in [7, 11) is 0. The largest absolute Gasteiger partial charge is 0.421 e. The summed E-state index contributed by atoms with van der Waals surface area (Å²) < 4.78 is 6.87. The van der Waals surface area contributed by atoms with Crippen molar-refractivity contribution in [1.82, 2.24) is 10.6 Å². The van der Waals surface area contributed by atoms with E-state index in [1.165, 1.54) is 0 Å². The maximum absolute atomic E-state index is 12.8. The third-order valence-corrected chi connectivity index (χ3v) is 5.57. The highest BCUT2D eigenvalue weighted by atomic mass is 79.9. The Labute approximate surface area is 169 Å². The number of nitrogens with one attached hydrogen (secondary N) is 2. The molecule has 1 aromatic carbocycles. The van der Waals surface area contributed by atoms with E-state index in [9.17, 15) is 9.59 Å². The molecule has 0 unspecified atom stereocenters. The highest BCUT2D eigenvalue weighted by Gasteiger charge is 2.38. The van der Waals surface area contributed by atoms with E-state index in [2.05, 4.69) is 70.2 Å². The van der Waals surface area contributed by atoms with Crippen molar-refractivity contribution in [3.05, 3.63) is 43.1 Å². The number of piperidine rings is 1. The molecule has 2 heterocycles. The predicted molar refractivity (Wildman–Crippen MR) is 110 cm³/mol. The summed E-state index contributed by atoms with van der Waals surface area (Å²) in [6, 6.07) is 5.18. The van der Waals surface area contributed by atoms with E-state index in [0.717, 1.165) is 17.3 Å². The summed E-state index contributed by atoms with van der Waals surface area (Å²) in [6.45, 7) is 8.47.